The molecule has 2 fully saturated rings. The molecule has 0 saturated carbocycles. The molecule has 22 heteroatoms. The highest BCUT2D eigenvalue weighted by Gasteiger charge is 2.49. The summed E-state index contributed by atoms with van der Waals surface area (Å²) in [5.74, 6) is 0. The topological polar surface area (TPSA) is 291 Å². The number of hydrogen-bond acceptors (Lipinski definition) is 14. The Morgan fingerprint density at radius 2 is 2.00 bits per heavy atom. The maximum Gasteiger partial charge on any atom is 0.508 e. The predicted octanol–water partition coefficient (Wildman–Crippen LogP) is -3.03. The smallest absolute Gasteiger partial charge is 0.508 e. The van der Waals surface area contributed by atoms with Crippen LogP contribution in [0.5, 0.6) is 0 Å². The molecule has 2 aliphatic heterocycles. The zero-order chi connectivity index (χ0) is 28.4. The molecule has 0 spiro atoms. The molecule has 3 rings (SSSR count). The number of nitrogens with zero attached hydrogens (tertiary/aromatic N) is 4. The summed E-state index contributed by atoms with van der Waals surface area (Å²) in [4.78, 5) is 51.0. The highest BCUT2D eigenvalue weighted by molar-refractivity contribution is 7.87. The molecule has 0 bridgehead atoms. The lowest BCUT2D eigenvalue weighted by Gasteiger charge is -2.39. The minimum Gasteiger partial charge on any atom is -0.646 e. The third-order valence-electron chi connectivity index (χ3n) is 5.58. The van der Waals surface area contributed by atoms with Gasteiger partial charge in [-0.05, 0) is 12.5 Å². The van der Waals surface area contributed by atoms with Gasteiger partial charge in [0.2, 0.25) is 0 Å². The van der Waals surface area contributed by atoms with Gasteiger partial charge in [-0.2, -0.15) is 0 Å². The van der Waals surface area contributed by atoms with E-state index >= 15 is 0 Å². The number of phosphoric ester groups is 1. The number of azide groups is 1. The Labute approximate surface area is 214 Å². The van der Waals surface area contributed by atoms with Crippen molar-refractivity contribution in [2.75, 3.05) is 13.2 Å². The zero-order valence-electron chi connectivity index (χ0n) is 19.5. The Kier molecular flexibility index (Phi) is 9.89. The standard InChI is InChI=1S/C16H24BN5O14P2/c1-6-3-22(16(28)19-14(6)27)10-2-7(20-21-18)9(33-10)5-32-37(17,29)36-38(30,31)35-15-13(26)12(25)11(24)8(4-23)34-15/h3,7-13,15,23-26H,2,4-5H2,1H3,(H,30,31)(H,19,27,28)/t7-,8+,9+,10+,11+,12-,13-,15+,37?/m0/s1. The van der Waals surface area contributed by atoms with Gasteiger partial charge in [0.1, 0.15) is 37.3 Å². The van der Waals surface area contributed by atoms with Crippen LogP contribution >= 0.6 is 15.6 Å². The molecule has 210 valence electrons. The quantitative estimate of drug-likeness (QED) is 0.0525. The summed E-state index contributed by atoms with van der Waals surface area (Å²) in [7, 11) is -5.01. The molecular weight excluding hydrogens is 559 g/mol. The number of nitrogens with one attached hydrogen (secondary N) is 1. The first kappa shape index (κ1) is 30.8. The van der Waals surface area contributed by atoms with Gasteiger partial charge in [0.15, 0.2) is 14.1 Å². The molecule has 3 heterocycles. The first-order valence-electron chi connectivity index (χ1n) is 10.8. The molecule has 0 aromatic carbocycles. The highest BCUT2D eigenvalue weighted by atomic mass is 31.3. The van der Waals surface area contributed by atoms with Crippen LogP contribution in [0.3, 0.4) is 0 Å². The Morgan fingerprint density at radius 1 is 1.32 bits per heavy atom. The SMILES string of the molecule is [B][P+]([O-])(OC[C@H]1O[C@@H](n2cc(C)c(=O)[nH]c2=O)C[C@@H]1N=[N+]=[N-])OP(=O)(O)O[C@H]1O[C@H](CO)[C@@H](O)[C@H](O)[C@@H]1O. The van der Waals surface area contributed by atoms with Gasteiger partial charge < -0.3 is 39.7 Å². The Bertz CT molecular complexity index is 1210. The van der Waals surface area contributed by atoms with Crippen LogP contribution < -0.4 is 16.1 Å². The van der Waals surface area contributed by atoms with E-state index in [9.17, 15) is 44.4 Å². The number of aliphatic hydroxyl groups excluding tert-OH is 4. The van der Waals surface area contributed by atoms with E-state index in [-0.39, 0.29) is 12.0 Å². The van der Waals surface area contributed by atoms with Crippen molar-refractivity contribution < 1.29 is 57.6 Å². The fourth-order valence-electron chi connectivity index (χ4n) is 3.67. The van der Waals surface area contributed by atoms with Gasteiger partial charge in [0.25, 0.3) is 5.56 Å². The fourth-order valence-corrected chi connectivity index (χ4v) is 5.96. The van der Waals surface area contributed by atoms with Gasteiger partial charge in [0.05, 0.1) is 18.8 Å². The third-order valence-corrected chi connectivity index (χ3v) is 8.30. The first-order chi connectivity index (χ1) is 17.7. The average Bonchev–Trinajstić information content (AvgIpc) is 3.22. The summed E-state index contributed by atoms with van der Waals surface area (Å²) in [5.41, 5.74) is 7.60. The lowest BCUT2D eigenvalue weighted by Crippen LogP contribution is -2.58. The molecule has 0 amide bonds. The number of ether oxygens (including phenoxy) is 2. The lowest BCUT2D eigenvalue weighted by molar-refractivity contribution is -0.281. The highest BCUT2D eigenvalue weighted by Crippen LogP contribution is 2.63. The maximum absolute atomic E-state index is 12.5. The molecule has 0 aliphatic carbocycles. The van der Waals surface area contributed by atoms with E-state index in [4.69, 9.17) is 27.1 Å². The molecule has 2 saturated heterocycles. The van der Waals surface area contributed by atoms with E-state index in [1.165, 1.54) is 13.1 Å². The van der Waals surface area contributed by atoms with E-state index in [1.807, 2.05) is 0 Å². The molecule has 1 aromatic rings. The van der Waals surface area contributed by atoms with Crippen molar-refractivity contribution in [1.29, 1.82) is 0 Å². The summed E-state index contributed by atoms with van der Waals surface area (Å²) in [6.07, 6.45) is -10.5. The molecule has 1 aromatic heterocycles. The molecule has 2 radical (unpaired) electrons. The summed E-state index contributed by atoms with van der Waals surface area (Å²) < 4.78 is 37.7. The summed E-state index contributed by atoms with van der Waals surface area (Å²) in [6, 6.07) is -0.990. The van der Waals surface area contributed by atoms with Crippen LogP contribution in [0.1, 0.15) is 18.2 Å². The number of H-pyrrole nitrogens is 1. The van der Waals surface area contributed by atoms with Gasteiger partial charge in [-0.15, -0.1) is 4.31 Å². The van der Waals surface area contributed by atoms with E-state index < -0.39 is 89.2 Å². The van der Waals surface area contributed by atoms with Gasteiger partial charge in [-0.25, -0.2) is 13.9 Å². The fraction of sp³-hybridized carbons (Fsp3) is 0.750. The third kappa shape index (κ3) is 7.27. The van der Waals surface area contributed by atoms with Crippen molar-refractivity contribution in [3.8, 4) is 0 Å². The summed E-state index contributed by atoms with van der Waals surface area (Å²) in [6.45, 7) is -0.152. The number of rotatable bonds is 10. The van der Waals surface area contributed by atoms with Crippen LogP contribution in [0.15, 0.2) is 20.9 Å². The number of aromatic nitrogens is 2. The van der Waals surface area contributed by atoms with Crippen LogP contribution in [-0.4, -0.2) is 98.5 Å². The lowest BCUT2D eigenvalue weighted by atomic mass is 10.00. The number of aliphatic hydroxyl groups is 4. The second-order valence-electron chi connectivity index (χ2n) is 8.30. The molecule has 6 N–H and O–H groups in total. The maximum atomic E-state index is 12.5. The largest absolute Gasteiger partial charge is 0.646 e. The average molecular weight is 583 g/mol. The number of phosphoric acid groups is 1. The molecule has 2 unspecified atom stereocenters. The normalized spacial score (nSPS) is 34.7. The van der Waals surface area contributed by atoms with E-state index in [2.05, 4.69) is 23.8 Å². The minimum atomic E-state index is -5.44. The summed E-state index contributed by atoms with van der Waals surface area (Å²) >= 11 is 0. The van der Waals surface area contributed by atoms with Crippen molar-refractivity contribution in [2.24, 2.45) is 5.11 Å². The van der Waals surface area contributed by atoms with Crippen LogP contribution in [-0.2, 0) is 27.4 Å². The number of hydrogen-bond donors (Lipinski definition) is 6. The second kappa shape index (κ2) is 12.2. The molecule has 38 heavy (non-hydrogen) atoms. The minimum absolute atomic E-state index is 0.0715. The first-order valence-corrected chi connectivity index (χ1v) is 13.9. The second-order valence-corrected chi connectivity index (χ2v) is 11.4. The van der Waals surface area contributed by atoms with E-state index in [0.29, 0.717) is 0 Å². The van der Waals surface area contributed by atoms with Crippen molar-refractivity contribution in [2.45, 2.75) is 62.4 Å². The number of aryl methyl sites for hydroxylation is 1. The summed E-state index contributed by atoms with van der Waals surface area (Å²) in [5, 5.41) is 42.1. The van der Waals surface area contributed by atoms with Crippen LogP contribution in [0, 0.1) is 6.92 Å². The number of aromatic amines is 1. The zero-order valence-corrected chi connectivity index (χ0v) is 21.3. The van der Waals surface area contributed by atoms with Crippen molar-refractivity contribution in [3.05, 3.63) is 43.0 Å². The van der Waals surface area contributed by atoms with Crippen molar-refractivity contribution in [3.63, 3.8) is 0 Å². The molecule has 19 nitrogen and oxygen atoms in total. The van der Waals surface area contributed by atoms with Gasteiger partial charge in [-0.1, -0.05) is 5.11 Å². The van der Waals surface area contributed by atoms with E-state index in [0.717, 1.165) is 4.57 Å². The monoisotopic (exact) mass is 583 g/mol. The van der Waals surface area contributed by atoms with E-state index in [1.54, 1.807) is 0 Å². The van der Waals surface area contributed by atoms with Gasteiger partial charge in [0, 0.05) is 23.1 Å². The molecular formula is C16H24BN5O14P2. The van der Waals surface area contributed by atoms with Gasteiger partial charge >= 0.3 is 21.1 Å². The van der Waals surface area contributed by atoms with Crippen LogP contribution in [0.4, 0.5) is 0 Å². The molecule has 10 atom stereocenters. The van der Waals surface area contributed by atoms with Crippen LogP contribution in [0.2, 0.25) is 0 Å². The van der Waals surface area contributed by atoms with Crippen molar-refractivity contribution in [1.82, 2.24) is 9.55 Å². The Morgan fingerprint density at radius 3 is 2.63 bits per heavy atom. The Balaban J connectivity index is 1.65. The molecule has 2 aliphatic rings. The Hall–Kier alpha value is -1.73. The van der Waals surface area contributed by atoms with Crippen molar-refractivity contribution >= 4 is 23.2 Å². The van der Waals surface area contributed by atoms with Crippen LogP contribution in [0.25, 0.3) is 10.4 Å². The predicted molar refractivity (Wildman–Crippen MR) is 122 cm³/mol. The van der Waals surface area contributed by atoms with Gasteiger partial charge in [-0.3, -0.25) is 18.9 Å².